The molecule has 22 heavy (non-hydrogen) atoms. The van der Waals surface area contributed by atoms with Crippen molar-refractivity contribution in [2.75, 3.05) is 5.73 Å². The zero-order valence-electron chi connectivity index (χ0n) is 11.7. The van der Waals surface area contributed by atoms with Crippen molar-refractivity contribution in [1.29, 1.82) is 0 Å². The van der Waals surface area contributed by atoms with Gasteiger partial charge in [0.15, 0.2) is 5.43 Å². The molecule has 0 atom stereocenters. The van der Waals surface area contributed by atoms with Crippen LogP contribution in [0.4, 0.5) is 5.69 Å². The minimum absolute atomic E-state index is 0.0372. The molecule has 0 radical (unpaired) electrons. The van der Waals surface area contributed by atoms with Gasteiger partial charge in [0.05, 0.1) is 5.39 Å². The molecule has 0 spiro atoms. The maximum Gasteiger partial charge on any atom is 0.193 e. The smallest absolute Gasteiger partial charge is 0.193 e. The van der Waals surface area contributed by atoms with Gasteiger partial charge in [-0.15, -0.1) is 0 Å². The molecule has 0 unspecified atom stereocenters. The Bertz CT molecular complexity index is 1050. The lowest BCUT2D eigenvalue weighted by Crippen LogP contribution is -2.01. The van der Waals surface area contributed by atoms with Gasteiger partial charge in [0.2, 0.25) is 0 Å². The average molecular weight is 287 g/mol. The molecule has 4 aromatic rings. The fraction of sp³-hybridized carbons (Fsp3) is 0. The normalized spacial score (nSPS) is 11.1. The summed E-state index contributed by atoms with van der Waals surface area (Å²) in [6.45, 7) is 0. The summed E-state index contributed by atoms with van der Waals surface area (Å²) < 4.78 is 5.94. The van der Waals surface area contributed by atoms with Crippen molar-refractivity contribution in [2.45, 2.75) is 0 Å². The van der Waals surface area contributed by atoms with Gasteiger partial charge in [0, 0.05) is 17.3 Å². The number of fused-ring (bicyclic) bond motifs is 3. The number of hydrogen-bond donors (Lipinski definition) is 1. The molecule has 0 aliphatic carbocycles. The summed E-state index contributed by atoms with van der Waals surface area (Å²) in [7, 11) is 0. The summed E-state index contributed by atoms with van der Waals surface area (Å²) in [6.07, 6.45) is 0. The Morgan fingerprint density at radius 3 is 2.45 bits per heavy atom. The molecule has 2 N–H and O–H groups in total. The lowest BCUT2D eigenvalue weighted by atomic mass is 10.0. The Morgan fingerprint density at radius 1 is 0.864 bits per heavy atom. The van der Waals surface area contributed by atoms with E-state index < -0.39 is 0 Å². The Morgan fingerprint density at radius 2 is 1.64 bits per heavy atom. The molecule has 4 rings (SSSR count). The van der Waals surface area contributed by atoms with Gasteiger partial charge in [0.1, 0.15) is 11.3 Å². The highest BCUT2D eigenvalue weighted by atomic mass is 16.3. The van der Waals surface area contributed by atoms with Gasteiger partial charge in [0.25, 0.3) is 0 Å². The van der Waals surface area contributed by atoms with E-state index in [9.17, 15) is 4.79 Å². The first kappa shape index (κ1) is 12.7. The molecule has 0 fully saturated rings. The number of hydrogen-bond acceptors (Lipinski definition) is 3. The standard InChI is InChI=1S/C19H13NO2/c20-14-8-5-13(6-9-14)18-11-16(21)19-15-4-2-1-3-12(15)7-10-17(19)22-18/h1-11H,20H2. The third kappa shape index (κ3) is 1.95. The molecule has 0 saturated heterocycles. The van der Waals surface area contributed by atoms with Crippen molar-refractivity contribution in [3.8, 4) is 11.3 Å². The monoisotopic (exact) mass is 287 g/mol. The summed E-state index contributed by atoms with van der Waals surface area (Å²) >= 11 is 0. The van der Waals surface area contributed by atoms with E-state index in [1.165, 1.54) is 0 Å². The van der Waals surface area contributed by atoms with Crippen LogP contribution in [0.25, 0.3) is 33.1 Å². The highest BCUT2D eigenvalue weighted by Crippen LogP contribution is 2.27. The van der Waals surface area contributed by atoms with E-state index in [4.69, 9.17) is 10.2 Å². The fourth-order valence-corrected chi connectivity index (χ4v) is 2.72. The molecule has 3 aromatic carbocycles. The van der Waals surface area contributed by atoms with Crippen LogP contribution < -0.4 is 11.2 Å². The summed E-state index contributed by atoms with van der Waals surface area (Å²) in [5.74, 6) is 0.549. The number of rotatable bonds is 1. The van der Waals surface area contributed by atoms with Crippen LogP contribution in [0.2, 0.25) is 0 Å². The van der Waals surface area contributed by atoms with Crippen molar-refractivity contribution in [3.05, 3.63) is 77.0 Å². The van der Waals surface area contributed by atoms with Crippen LogP contribution in [0.3, 0.4) is 0 Å². The lowest BCUT2D eigenvalue weighted by molar-refractivity contribution is 0.619. The van der Waals surface area contributed by atoms with E-state index in [-0.39, 0.29) is 5.43 Å². The van der Waals surface area contributed by atoms with Crippen molar-refractivity contribution >= 4 is 27.4 Å². The summed E-state index contributed by atoms with van der Waals surface area (Å²) in [4.78, 5) is 12.6. The molecule has 3 nitrogen and oxygen atoms in total. The number of benzene rings is 3. The molecule has 1 heterocycles. The SMILES string of the molecule is Nc1ccc(-c2cc(=O)c3c(ccc4ccccc43)o2)cc1. The minimum Gasteiger partial charge on any atom is -0.456 e. The Hall–Kier alpha value is -3.07. The van der Waals surface area contributed by atoms with Gasteiger partial charge < -0.3 is 10.2 Å². The van der Waals surface area contributed by atoms with E-state index in [1.807, 2.05) is 48.5 Å². The first-order valence-corrected chi connectivity index (χ1v) is 7.04. The van der Waals surface area contributed by atoms with Crippen LogP contribution in [0.15, 0.2) is 75.9 Å². The quantitative estimate of drug-likeness (QED) is 0.422. The van der Waals surface area contributed by atoms with Crippen LogP contribution in [-0.2, 0) is 0 Å². The van der Waals surface area contributed by atoms with Gasteiger partial charge in [-0.3, -0.25) is 4.79 Å². The first-order chi connectivity index (χ1) is 10.7. The Balaban J connectivity index is 2.03. The van der Waals surface area contributed by atoms with Gasteiger partial charge in [-0.25, -0.2) is 0 Å². The Kier molecular flexibility index (Phi) is 2.73. The number of nitrogen functional groups attached to an aromatic ring is 1. The van der Waals surface area contributed by atoms with Crippen LogP contribution in [0.1, 0.15) is 0 Å². The fourth-order valence-electron chi connectivity index (χ4n) is 2.72. The van der Waals surface area contributed by atoms with Crippen LogP contribution in [0, 0.1) is 0 Å². The van der Waals surface area contributed by atoms with Gasteiger partial charge in [-0.2, -0.15) is 0 Å². The molecule has 106 valence electrons. The minimum atomic E-state index is -0.0372. The van der Waals surface area contributed by atoms with Crippen LogP contribution in [0.5, 0.6) is 0 Å². The van der Waals surface area contributed by atoms with Gasteiger partial charge in [-0.1, -0.05) is 30.3 Å². The highest BCUT2D eigenvalue weighted by Gasteiger charge is 2.09. The molecule has 0 saturated carbocycles. The van der Waals surface area contributed by atoms with Crippen molar-refractivity contribution in [1.82, 2.24) is 0 Å². The average Bonchev–Trinajstić information content (AvgIpc) is 2.55. The summed E-state index contributed by atoms with van der Waals surface area (Å²) in [5, 5.41) is 2.57. The predicted octanol–water partition coefficient (Wildman–Crippen LogP) is 4.20. The largest absolute Gasteiger partial charge is 0.456 e. The Labute approximate surface area is 126 Å². The molecule has 1 aromatic heterocycles. The molecular weight excluding hydrogens is 274 g/mol. The topological polar surface area (TPSA) is 56.2 Å². The van der Waals surface area contributed by atoms with E-state index in [0.717, 1.165) is 16.3 Å². The maximum atomic E-state index is 12.6. The molecule has 0 bridgehead atoms. The second-order valence-corrected chi connectivity index (χ2v) is 5.26. The lowest BCUT2D eigenvalue weighted by Gasteiger charge is -2.06. The first-order valence-electron chi connectivity index (χ1n) is 7.04. The molecule has 0 aliphatic rings. The maximum absolute atomic E-state index is 12.6. The van der Waals surface area contributed by atoms with E-state index in [2.05, 4.69) is 0 Å². The van der Waals surface area contributed by atoms with Crippen molar-refractivity contribution < 1.29 is 4.42 Å². The summed E-state index contributed by atoms with van der Waals surface area (Å²) in [6, 6.07) is 20.4. The third-order valence-electron chi connectivity index (χ3n) is 3.81. The molecule has 0 amide bonds. The van der Waals surface area contributed by atoms with Gasteiger partial charge >= 0.3 is 0 Å². The van der Waals surface area contributed by atoms with Crippen molar-refractivity contribution in [3.63, 3.8) is 0 Å². The van der Waals surface area contributed by atoms with Crippen LogP contribution >= 0.6 is 0 Å². The van der Waals surface area contributed by atoms with E-state index in [1.54, 1.807) is 18.2 Å². The second-order valence-electron chi connectivity index (χ2n) is 5.26. The second kappa shape index (κ2) is 4.74. The van der Waals surface area contributed by atoms with Gasteiger partial charge in [-0.05, 0) is 41.1 Å². The molecular formula is C19H13NO2. The number of anilines is 1. The van der Waals surface area contributed by atoms with E-state index in [0.29, 0.717) is 22.4 Å². The zero-order valence-corrected chi connectivity index (χ0v) is 11.7. The summed E-state index contributed by atoms with van der Waals surface area (Å²) in [5.41, 5.74) is 7.77. The zero-order chi connectivity index (χ0) is 15.1. The predicted molar refractivity (Wildman–Crippen MR) is 89.8 cm³/mol. The van der Waals surface area contributed by atoms with Crippen LogP contribution in [-0.4, -0.2) is 0 Å². The van der Waals surface area contributed by atoms with Crippen molar-refractivity contribution in [2.24, 2.45) is 0 Å². The number of nitrogens with two attached hydrogens (primary N) is 1. The van der Waals surface area contributed by atoms with E-state index >= 15 is 0 Å². The molecule has 0 aliphatic heterocycles. The molecule has 3 heteroatoms. The highest BCUT2D eigenvalue weighted by molar-refractivity contribution is 6.05. The third-order valence-corrected chi connectivity index (χ3v) is 3.81.